The molecule has 0 saturated carbocycles. The normalized spacial score (nSPS) is 16.9. The van der Waals surface area contributed by atoms with Crippen molar-refractivity contribution in [2.24, 2.45) is 7.05 Å². The number of nitrogens with zero attached hydrogens (tertiary/aromatic N) is 5. The number of aryl methyl sites for hydroxylation is 1. The van der Waals surface area contributed by atoms with Crippen LogP contribution in [0.1, 0.15) is 12.2 Å². The summed E-state index contributed by atoms with van der Waals surface area (Å²) in [7, 11) is 5.78. The Bertz CT molecular complexity index is 1160. The molecule has 1 aromatic carbocycles. The second-order valence-electron chi connectivity index (χ2n) is 7.72. The van der Waals surface area contributed by atoms with Crippen molar-refractivity contribution in [1.82, 2.24) is 19.4 Å². The van der Waals surface area contributed by atoms with Gasteiger partial charge in [-0.05, 0) is 45.6 Å². The van der Waals surface area contributed by atoms with Crippen LogP contribution < -0.4 is 10.5 Å². The van der Waals surface area contributed by atoms with E-state index in [4.69, 9.17) is 16.6 Å². The highest BCUT2D eigenvalue weighted by molar-refractivity contribution is 6.30. The van der Waals surface area contributed by atoms with Crippen LogP contribution in [-0.4, -0.2) is 52.7 Å². The highest BCUT2D eigenvalue weighted by atomic mass is 35.5. The Morgan fingerprint density at radius 2 is 2.00 bits per heavy atom. The predicted octanol–water partition coefficient (Wildman–Crippen LogP) is 3.24. The maximum Gasteiger partial charge on any atom is 0.263 e. The quantitative estimate of drug-likeness (QED) is 0.657. The van der Waals surface area contributed by atoms with Crippen molar-refractivity contribution in [3.63, 3.8) is 0 Å². The fourth-order valence-corrected chi connectivity index (χ4v) is 3.95. The molecule has 6 nitrogen and oxygen atoms in total. The fourth-order valence-electron chi connectivity index (χ4n) is 3.79. The molecule has 0 radical (unpaired) electrons. The van der Waals surface area contributed by atoms with Crippen molar-refractivity contribution in [3.05, 3.63) is 51.3 Å². The molecule has 0 bridgehead atoms. The van der Waals surface area contributed by atoms with E-state index in [1.807, 2.05) is 6.07 Å². The van der Waals surface area contributed by atoms with Gasteiger partial charge in [0.1, 0.15) is 17.5 Å². The van der Waals surface area contributed by atoms with Crippen LogP contribution in [0.25, 0.3) is 22.2 Å². The molecule has 0 spiro atoms. The first-order chi connectivity index (χ1) is 13.8. The molecule has 2 aromatic heterocycles. The third-order valence-corrected chi connectivity index (χ3v) is 5.91. The van der Waals surface area contributed by atoms with Gasteiger partial charge in [-0.3, -0.25) is 9.36 Å². The number of benzene rings is 1. The number of fused-ring (bicyclic) bond motifs is 1. The van der Waals surface area contributed by atoms with Crippen molar-refractivity contribution < 1.29 is 4.39 Å². The standard InChI is InChI=1S/C21H23ClFN5O/c1-12-24-17-10-18(28-8-7-14(11-28)26(2)3)25-20(19(17)21(29)27(12)4)15-6-5-13(22)9-16(15)23/h5-6,9-10,14H,7-8,11H2,1-4H3/t14-/m0/s1. The lowest BCUT2D eigenvalue weighted by Crippen LogP contribution is -2.32. The number of anilines is 1. The Morgan fingerprint density at radius 3 is 2.66 bits per heavy atom. The first-order valence-corrected chi connectivity index (χ1v) is 9.89. The number of rotatable bonds is 3. The van der Waals surface area contributed by atoms with E-state index in [0.717, 1.165) is 19.5 Å². The maximum absolute atomic E-state index is 14.8. The molecule has 1 fully saturated rings. The summed E-state index contributed by atoms with van der Waals surface area (Å²) in [5.74, 6) is 0.778. The summed E-state index contributed by atoms with van der Waals surface area (Å²) in [5, 5.41) is 0.605. The minimum absolute atomic E-state index is 0.243. The molecule has 0 N–H and O–H groups in total. The van der Waals surface area contributed by atoms with Gasteiger partial charge in [0.2, 0.25) is 0 Å². The molecule has 1 saturated heterocycles. The number of hydrogen-bond donors (Lipinski definition) is 0. The van der Waals surface area contributed by atoms with Crippen LogP contribution in [-0.2, 0) is 7.05 Å². The van der Waals surface area contributed by atoms with E-state index >= 15 is 0 Å². The molecule has 1 aliphatic heterocycles. The number of halogens is 2. The molecule has 3 heterocycles. The summed E-state index contributed by atoms with van der Waals surface area (Å²) in [6, 6.07) is 6.65. The van der Waals surface area contributed by atoms with E-state index in [-0.39, 0.29) is 11.1 Å². The van der Waals surface area contributed by atoms with E-state index in [9.17, 15) is 9.18 Å². The molecule has 4 rings (SSSR count). The molecule has 0 amide bonds. The van der Waals surface area contributed by atoms with Crippen LogP contribution in [0.3, 0.4) is 0 Å². The van der Waals surface area contributed by atoms with Crippen molar-refractivity contribution in [2.45, 2.75) is 19.4 Å². The van der Waals surface area contributed by atoms with Crippen LogP contribution in [0.4, 0.5) is 10.2 Å². The topological polar surface area (TPSA) is 54.3 Å². The van der Waals surface area contributed by atoms with E-state index in [1.54, 1.807) is 26.1 Å². The minimum Gasteiger partial charge on any atom is -0.355 e. The van der Waals surface area contributed by atoms with E-state index in [0.29, 0.717) is 39.3 Å². The average molecular weight is 416 g/mol. The number of hydrogen-bond acceptors (Lipinski definition) is 5. The smallest absolute Gasteiger partial charge is 0.263 e. The summed E-state index contributed by atoms with van der Waals surface area (Å²) in [5.41, 5.74) is 0.817. The molecular formula is C21H23ClFN5O. The SMILES string of the molecule is Cc1nc2cc(N3CC[C@H](N(C)C)C3)nc(-c3ccc(Cl)cc3F)c2c(=O)n1C. The summed E-state index contributed by atoms with van der Waals surface area (Å²) in [6.07, 6.45) is 1.01. The third kappa shape index (κ3) is 3.49. The lowest BCUT2D eigenvalue weighted by Gasteiger charge is -2.22. The van der Waals surface area contributed by atoms with Gasteiger partial charge < -0.3 is 9.80 Å². The second kappa shape index (κ2) is 7.39. The molecular weight excluding hydrogens is 393 g/mol. The molecule has 3 aromatic rings. The summed E-state index contributed by atoms with van der Waals surface area (Å²) >= 11 is 5.93. The summed E-state index contributed by atoms with van der Waals surface area (Å²) in [6.45, 7) is 3.44. The minimum atomic E-state index is -0.515. The zero-order chi connectivity index (χ0) is 20.9. The average Bonchev–Trinajstić information content (AvgIpc) is 3.16. The van der Waals surface area contributed by atoms with Crippen LogP contribution in [0.15, 0.2) is 29.1 Å². The largest absolute Gasteiger partial charge is 0.355 e. The van der Waals surface area contributed by atoms with Crippen molar-refractivity contribution in [3.8, 4) is 11.3 Å². The van der Waals surface area contributed by atoms with Gasteiger partial charge in [-0.15, -0.1) is 0 Å². The first kappa shape index (κ1) is 19.8. The summed E-state index contributed by atoms with van der Waals surface area (Å²) < 4.78 is 16.2. The maximum atomic E-state index is 14.8. The van der Waals surface area contributed by atoms with Crippen molar-refractivity contribution in [1.29, 1.82) is 0 Å². The lowest BCUT2D eigenvalue weighted by atomic mass is 10.1. The number of aromatic nitrogens is 3. The van der Waals surface area contributed by atoms with Crippen LogP contribution in [0, 0.1) is 12.7 Å². The highest BCUT2D eigenvalue weighted by Crippen LogP contribution is 2.32. The Hall–Kier alpha value is -2.51. The molecule has 8 heteroatoms. The Kier molecular flexibility index (Phi) is 5.04. The van der Waals surface area contributed by atoms with Gasteiger partial charge in [0.05, 0.1) is 16.6 Å². The zero-order valence-corrected chi connectivity index (χ0v) is 17.7. The fraction of sp³-hybridized carbons (Fsp3) is 0.381. The first-order valence-electron chi connectivity index (χ1n) is 9.51. The van der Waals surface area contributed by atoms with Crippen LogP contribution in [0.2, 0.25) is 5.02 Å². The van der Waals surface area contributed by atoms with Gasteiger partial charge in [0, 0.05) is 42.8 Å². The van der Waals surface area contributed by atoms with E-state index in [2.05, 4.69) is 28.9 Å². The molecule has 0 aliphatic carbocycles. The lowest BCUT2D eigenvalue weighted by molar-refractivity contribution is 0.315. The molecule has 29 heavy (non-hydrogen) atoms. The second-order valence-corrected chi connectivity index (χ2v) is 8.16. The van der Waals surface area contributed by atoms with Crippen LogP contribution >= 0.6 is 11.6 Å². The molecule has 1 aliphatic rings. The van der Waals surface area contributed by atoms with Gasteiger partial charge in [0.25, 0.3) is 5.56 Å². The number of pyridine rings is 1. The van der Waals surface area contributed by atoms with Gasteiger partial charge in [0.15, 0.2) is 0 Å². The molecule has 152 valence electrons. The Balaban J connectivity index is 1.97. The van der Waals surface area contributed by atoms with Gasteiger partial charge in [-0.2, -0.15) is 0 Å². The van der Waals surface area contributed by atoms with Crippen LogP contribution in [0.5, 0.6) is 0 Å². The van der Waals surface area contributed by atoms with E-state index in [1.165, 1.54) is 10.6 Å². The zero-order valence-electron chi connectivity index (χ0n) is 16.9. The van der Waals surface area contributed by atoms with Crippen molar-refractivity contribution in [2.75, 3.05) is 32.1 Å². The third-order valence-electron chi connectivity index (χ3n) is 5.68. The summed E-state index contributed by atoms with van der Waals surface area (Å²) in [4.78, 5) is 26.7. The van der Waals surface area contributed by atoms with Gasteiger partial charge >= 0.3 is 0 Å². The number of likely N-dealkylation sites (N-methyl/N-ethyl adjacent to an activating group) is 1. The molecule has 0 unspecified atom stereocenters. The van der Waals surface area contributed by atoms with Crippen molar-refractivity contribution >= 4 is 28.3 Å². The molecule has 1 atom stereocenters. The van der Waals surface area contributed by atoms with Gasteiger partial charge in [-0.25, -0.2) is 14.4 Å². The highest BCUT2D eigenvalue weighted by Gasteiger charge is 2.27. The predicted molar refractivity (Wildman–Crippen MR) is 114 cm³/mol. The Morgan fingerprint density at radius 1 is 1.24 bits per heavy atom. The van der Waals surface area contributed by atoms with Gasteiger partial charge in [-0.1, -0.05) is 11.6 Å². The Labute approximate surface area is 173 Å². The van der Waals surface area contributed by atoms with E-state index < -0.39 is 5.82 Å². The monoisotopic (exact) mass is 415 g/mol.